The highest BCUT2D eigenvalue weighted by Crippen LogP contribution is 2.37. The lowest BCUT2D eigenvalue weighted by Gasteiger charge is -2.19. The van der Waals surface area contributed by atoms with Crippen molar-refractivity contribution in [1.82, 2.24) is 4.98 Å². The molecule has 0 aliphatic rings. The lowest BCUT2D eigenvalue weighted by Crippen LogP contribution is -2.18. The van der Waals surface area contributed by atoms with Gasteiger partial charge in [-0.2, -0.15) is 5.26 Å². The highest BCUT2D eigenvalue weighted by Gasteiger charge is 2.26. The predicted molar refractivity (Wildman–Crippen MR) is 143 cm³/mol. The number of carbonyl (C=O) groups is 2. The van der Waals surface area contributed by atoms with Crippen LogP contribution in [0.1, 0.15) is 42.3 Å². The molecule has 0 aliphatic carbocycles. The minimum absolute atomic E-state index is 0.0898. The summed E-state index contributed by atoms with van der Waals surface area (Å²) < 4.78 is 21.5. The number of nitrogens with zero attached hydrogens (tertiary/aromatic N) is 2. The molecule has 0 saturated heterocycles. The summed E-state index contributed by atoms with van der Waals surface area (Å²) in [4.78, 5) is 28.7. The molecular weight excluding hydrogens is 515 g/mol. The number of ether oxygens (including phenoxy) is 1. The second-order valence-corrected chi connectivity index (χ2v) is 10.2. The molecule has 0 fully saturated rings. The van der Waals surface area contributed by atoms with Crippen LogP contribution in [0, 0.1) is 24.1 Å². The number of nitriles is 1. The number of amides is 2. The van der Waals surface area contributed by atoms with Gasteiger partial charge in [-0.1, -0.05) is 35.1 Å². The summed E-state index contributed by atoms with van der Waals surface area (Å²) in [6, 6.07) is 14.5. The Hall–Kier alpha value is -4.00. The molecule has 1 heterocycles. The summed E-state index contributed by atoms with van der Waals surface area (Å²) in [5, 5.41) is 15.3. The van der Waals surface area contributed by atoms with Crippen molar-refractivity contribution in [1.29, 1.82) is 5.26 Å². The lowest BCUT2D eigenvalue weighted by molar-refractivity contribution is -0.114. The van der Waals surface area contributed by atoms with Crippen molar-refractivity contribution >= 4 is 55.8 Å². The number of benzene rings is 3. The van der Waals surface area contributed by atoms with E-state index in [2.05, 4.69) is 21.7 Å². The fraction of sp³-hybridized carbons (Fsp3) is 0.185. The van der Waals surface area contributed by atoms with E-state index in [0.29, 0.717) is 27.7 Å². The average Bonchev–Trinajstić information content (AvgIpc) is 3.25. The van der Waals surface area contributed by atoms with Crippen LogP contribution in [0.25, 0.3) is 10.2 Å². The number of fused-ring (bicyclic) bond motifs is 1. The summed E-state index contributed by atoms with van der Waals surface area (Å²) >= 11 is 7.77. The first-order valence-electron chi connectivity index (χ1n) is 11.2. The van der Waals surface area contributed by atoms with Crippen LogP contribution in [-0.4, -0.2) is 16.8 Å². The van der Waals surface area contributed by atoms with Crippen molar-refractivity contribution in [2.75, 3.05) is 10.6 Å². The maximum Gasteiger partial charge on any atom is 0.257 e. The SMILES string of the molecule is CC(=O)Nc1nc2ccc(Oc3ccc(F)c(NC(=O)c4cccc(C(C)(C)C#N)c4Cl)c3)c(C)c2s1. The first kappa shape index (κ1) is 26.1. The van der Waals surface area contributed by atoms with Gasteiger partial charge in [-0.25, -0.2) is 9.37 Å². The van der Waals surface area contributed by atoms with Crippen LogP contribution in [0.5, 0.6) is 11.5 Å². The standard InChI is InChI=1S/C27H22ClFN4O3S/c1-14-22(11-10-20-24(14)37-26(33-20)31-15(2)34)36-16-8-9-19(29)21(12-16)32-25(35)17-6-5-7-18(23(17)28)27(3,4)13-30/h5-12H,1-4H3,(H,32,35)(H,31,33,34). The molecule has 0 radical (unpaired) electrons. The van der Waals surface area contributed by atoms with Crippen molar-refractivity contribution in [2.24, 2.45) is 0 Å². The van der Waals surface area contributed by atoms with Gasteiger partial charge in [-0.3, -0.25) is 9.59 Å². The molecule has 4 aromatic rings. The molecule has 188 valence electrons. The molecule has 2 N–H and O–H groups in total. The van der Waals surface area contributed by atoms with Gasteiger partial charge < -0.3 is 15.4 Å². The van der Waals surface area contributed by atoms with E-state index in [1.54, 1.807) is 38.1 Å². The number of carbonyl (C=O) groups excluding carboxylic acids is 2. The quantitative estimate of drug-likeness (QED) is 0.271. The highest BCUT2D eigenvalue weighted by atomic mass is 35.5. The molecule has 0 bridgehead atoms. The van der Waals surface area contributed by atoms with Crippen molar-refractivity contribution in [3.63, 3.8) is 0 Å². The number of halogens is 2. The molecule has 37 heavy (non-hydrogen) atoms. The number of anilines is 2. The topological polar surface area (TPSA) is 104 Å². The maximum absolute atomic E-state index is 14.6. The fourth-order valence-electron chi connectivity index (χ4n) is 3.65. The van der Waals surface area contributed by atoms with Gasteiger partial charge in [0.15, 0.2) is 5.13 Å². The Morgan fingerprint density at radius 2 is 1.92 bits per heavy atom. The van der Waals surface area contributed by atoms with Crippen molar-refractivity contribution in [3.8, 4) is 17.6 Å². The Bertz CT molecular complexity index is 1590. The summed E-state index contributed by atoms with van der Waals surface area (Å²) in [5.74, 6) is -0.666. The van der Waals surface area contributed by atoms with Crippen LogP contribution >= 0.6 is 22.9 Å². The van der Waals surface area contributed by atoms with Crippen molar-refractivity contribution in [2.45, 2.75) is 33.1 Å². The van der Waals surface area contributed by atoms with Crippen LogP contribution in [0.3, 0.4) is 0 Å². The van der Waals surface area contributed by atoms with Crippen LogP contribution in [0.2, 0.25) is 5.02 Å². The zero-order chi connectivity index (χ0) is 26.9. The molecule has 3 aromatic carbocycles. The third kappa shape index (κ3) is 5.40. The molecule has 10 heteroatoms. The summed E-state index contributed by atoms with van der Waals surface area (Å²) in [6.07, 6.45) is 0. The lowest BCUT2D eigenvalue weighted by atomic mass is 9.85. The molecule has 0 unspecified atom stereocenters. The molecule has 0 atom stereocenters. The van der Waals surface area contributed by atoms with Gasteiger partial charge in [-0.05, 0) is 56.7 Å². The van der Waals surface area contributed by atoms with E-state index in [0.717, 1.165) is 10.3 Å². The average molecular weight is 537 g/mol. The first-order valence-corrected chi connectivity index (χ1v) is 12.4. The van der Waals surface area contributed by atoms with E-state index in [-0.39, 0.29) is 22.2 Å². The van der Waals surface area contributed by atoms with E-state index >= 15 is 0 Å². The number of hydrogen-bond donors (Lipinski definition) is 2. The van der Waals surface area contributed by atoms with E-state index in [1.807, 2.05) is 6.92 Å². The minimum atomic E-state index is -0.910. The van der Waals surface area contributed by atoms with Crippen LogP contribution in [-0.2, 0) is 10.2 Å². The van der Waals surface area contributed by atoms with E-state index in [4.69, 9.17) is 16.3 Å². The molecule has 7 nitrogen and oxygen atoms in total. The Labute approximate surface area is 221 Å². The predicted octanol–water partition coefficient (Wildman–Crippen LogP) is 7.20. The zero-order valence-corrected chi connectivity index (χ0v) is 22.0. The largest absolute Gasteiger partial charge is 0.457 e. The van der Waals surface area contributed by atoms with Gasteiger partial charge in [0.1, 0.15) is 17.3 Å². The number of hydrogen-bond acceptors (Lipinski definition) is 6. The molecule has 1 aromatic heterocycles. The van der Waals surface area contributed by atoms with Gasteiger partial charge in [-0.15, -0.1) is 0 Å². The van der Waals surface area contributed by atoms with Crippen molar-refractivity contribution in [3.05, 3.63) is 76.1 Å². The van der Waals surface area contributed by atoms with Gasteiger partial charge in [0, 0.05) is 18.6 Å². The Kier molecular flexibility index (Phi) is 7.16. The molecule has 0 spiro atoms. The van der Waals surface area contributed by atoms with Crippen LogP contribution < -0.4 is 15.4 Å². The molecule has 4 rings (SSSR count). The monoisotopic (exact) mass is 536 g/mol. The van der Waals surface area contributed by atoms with Gasteiger partial charge in [0.2, 0.25) is 5.91 Å². The Morgan fingerprint density at radius 1 is 1.16 bits per heavy atom. The number of rotatable bonds is 6. The molecule has 2 amide bonds. The van der Waals surface area contributed by atoms with Gasteiger partial charge in [0.25, 0.3) is 5.91 Å². The zero-order valence-electron chi connectivity index (χ0n) is 20.4. The smallest absolute Gasteiger partial charge is 0.257 e. The maximum atomic E-state index is 14.6. The highest BCUT2D eigenvalue weighted by molar-refractivity contribution is 7.22. The first-order chi connectivity index (χ1) is 17.5. The van der Waals surface area contributed by atoms with Gasteiger partial charge in [0.05, 0.1) is 38.0 Å². The van der Waals surface area contributed by atoms with E-state index < -0.39 is 17.1 Å². The van der Waals surface area contributed by atoms with Crippen LogP contribution in [0.15, 0.2) is 48.5 Å². The molecular formula is C27H22ClFN4O3S. The number of aromatic nitrogens is 1. The third-order valence-corrected chi connectivity index (χ3v) is 7.16. The fourth-order valence-corrected chi connectivity index (χ4v) is 5.10. The normalized spacial score (nSPS) is 11.2. The summed E-state index contributed by atoms with van der Waals surface area (Å²) in [6.45, 7) is 6.67. The molecule has 0 saturated carbocycles. The van der Waals surface area contributed by atoms with Crippen molar-refractivity contribution < 1.29 is 18.7 Å². The Balaban J connectivity index is 1.60. The summed E-state index contributed by atoms with van der Waals surface area (Å²) in [5.41, 5.74) is 1.13. The summed E-state index contributed by atoms with van der Waals surface area (Å²) in [7, 11) is 0. The number of thiazole rings is 1. The van der Waals surface area contributed by atoms with E-state index in [1.165, 1.54) is 42.5 Å². The minimum Gasteiger partial charge on any atom is -0.457 e. The van der Waals surface area contributed by atoms with Crippen LogP contribution in [0.4, 0.5) is 15.2 Å². The second kappa shape index (κ2) is 10.2. The Morgan fingerprint density at radius 3 is 2.62 bits per heavy atom. The number of aryl methyl sites for hydroxylation is 1. The second-order valence-electron chi connectivity index (χ2n) is 8.84. The third-order valence-electron chi connectivity index (χ3n) is 5.65. The number of nitrogens with one attached hydrogen (secondary N) is 2. The van der Waals surface area contributed by atoms with E-state index in [9.17, 15) is 19.2 Å². The molecule has 0 aliphatic heterocycles. The van der Waals surface area contributed by atoms with Gasteiger partial charge >= 0.3 is 0 Å².